The monoisotopic (exact) mass is 229 g/mol. The van der Waals surface area contributed by atoms with Gasteiger partial charge in [-0.2, -0.15) is 23.5 Å². The van der Waals surface area contributed by atoms with Gasteiger partial charge in [-0.3, -0.25) is 0 Å². The van der Waals surface area contributed by atoms with E-state index in [9.17, 15) is 0 Å². The fourth-order valence-corrected chi connectivity index (χ4v) is 4.39. The van der Waals surface area contributed by atoms with Crippen LogP contribution in [0.25, 0.3) is 0 Å². The van der Waals surface area contributed by atoms with Crippen LogP contribution < -0.4 is 5.73 Å². The van der Waals surface area contributed by atoms with Crippen LogP contribution in [0.2, 0.25) is 0 Å². The minimum absolute atomic E-state index is 0.269. The summed E-state index contributed by atoms with van der Waals surface area (Å²) in [4.78, 5) is 0. The van der Waals surface area contributed by atoms with Crippen molar-refractivity contribution >= 4 is 23.5 Å². The molecule has 14 heavy (non-hydrogen) atoms. The molecule has 0 spiro atoms. The predicted molar refractivity (Wildman–Crippen MR) is 64.0 cm³/mol. The first-order valence-electron chi connectivity index (χ1n) is 4.82. The van der Waals surface area contributed by atoms with E-state index < -0.39 is 0 Å². The first kappa shape index (κ1) is 10.5. The molecule has 78 valence electrons. The van der Waals surface area contributed by atoms with Crippen LogP contribution in [0.4, 0.5) is 0 Å². The van der Waals surface area contributed by atoms with Gasteiger partial charge in [0, 0.05) is 28.6 Å². The molecule has 2 rings (SSSR count). The molecule has 2 atom stereocenters. The molecule has 2 unspecified atom stereocenters. The van der Waals surface area contributed by atoms with E-state index in [2.05, 4.69) is 0 Å². The molecule has 2 nitrogen and oxygen atoms in total. The highest BCUT2D eigenvalue weighted by Crippen LogP contribution is 2.26. The van der Waals surface area contributed by atoms with Gasteiger partial charge in [0.2, 0.25) is 0 Å². The SMILES string of the molecule is NC(Cc1ccoc1)C1CSCCS1. The molecule has 2 N–H and O–H groups in total. The summed E-state index contributed by atoms with van der Waals surface area (Å²) in [7, 11) is 0. The van der Waals surface area contributed by atoms with Crippen LogP contribution in [0.15, 0.2) is 23.0 Å². The predicted octanol–water partition coefficient (Wildman–Crippen LogP) is 2.00. The molecule has 1 saturated heterocycles. The van der Waals surface area contributed by atoms with Gasteiger partial charge in [-0.05, 0) is 18.1 Å². The Morgan fingerprint density at radius 2 is 2.50 bits per heavy atom. The lowest BCUT2D eigenvalue weighted by Gasteiger charge is -2.26. The maximum atomic E-state index is 6.16. The summed E-state index contributed by atoms with van der Waals surface area (Å²) in [6, 6.07) is 2.27. The number of furan rings is 1. The molecule has 1 aliphatic heterocycles. The van der Waals surface area contributed by atoms with Crippen molar-refractivity contribution in [3.8, 4) is 0 Å². The van der Waals surface area contributed by atoms with Crippen molar-refractivity contribution in [2.75, 3.05) is 17.3 Å². The van der Waals surface area contributed by atoms with Gasteiger partial charge in [-0.1, -0.05) is 0 Å². The number of thioether (sulfide) groups is 2. The third-order valence-electron chi connectivity index (χ3n) is 2.37. The van der Waals surface area contributed by atoms with Crippen LogP contribution in [0.1, 0.15) is 5.56 Å². The normalized spacial score (nSPS) is 24.8. The summed E-state index contributed by atoms with van der Waals surface area (Å²) in [6.45, 7) is 0. The van der Waals surface area contributed by atoms with Gasteiger partial charge in [0.25, 0.3) is 0 Å². The third-order valence-corrected chi connectivity index (χ3v) is 5.31. The van der Waals surface area contributed by atoms with E-state index in [4.69, 9.17) is 10.2 Å². The van der Waals surface area contributed by atoms with Crippen LogP contribution in [0.3, 0.4) is 0 Å². The Labute approximate surface area is 93.0 Å². The van der Waals surface area contributed by atoms with Crippen molar-refractivity contribution in [1.82, 2.24) is 0 Å². The summed E-state index contributed by atoms with van der Waals surface area (Å²) in [5, 5.41) is 0.614. The second kappa shape index (κ2) is 5.14. The fourth-order valence-electron chi connectivity index (χ4n) is 1.57. The average Bonchev–Trinajstić information content (AvgIpc) is 2.72. The molecule has 1 aromatic heterocycles. The number of hydrogen-bond acceptors (Lipinski definition) is 4. The lowest BCUT2D eigenvalue weighted by molar-refractivity contribution is 0.559. The van der Waals surface area contributed by atoms with Crippen molar-refractivity contribution in [2.45, 2.75) is 17.7 Å². The minimum Gasteiger partial charge on any atom is -0.472 e. The molecule has 0 aliphatic carbocycles. The molecule has 1 fully saturated rings. The Morgan fingerprint density at radius 3 is 3.14 bits per heavy atom. The summed E-state index contributed by atoms with van der Waals surface area (Å²) in [5.74, 6) is 3.72. The Kier molecular flexibility index (Phi) is 3.84. The fraction of sp³-hybridized carbons (Fsp3) is 0.600. The molecular formula is C10H15NOS2. The van der Waals surface area contributed by atoms with Crippen LogP contribution in [0.5, 0.6) is 0 Å². The number of nitrogens with two attached hydrogens (primary N) is 1. The Morgan fingerprint density at radius 1 is 1.57 bits per heavy atom. The van der Waals surface area contributed by atoms with E-state index in [1.54, 1.807) is 12.5 Å². The standard InChI is InChI=1S/C10H15NOS2/c11-9(5-8-1-2-12-6-8)10-7-13-3-4-14-10/h1-2,6,9-10H,3-5,7,11H2. The quantitative estimate of drug-likeness (QED) is 0.860. The Balaban J connectivity index is 1.85. The summed E-state index contributed by atoms with van der Waals surface area (Å²) >= 11 is 4.04. The van der Waals surface area contributed by atoms with Crippen molar-refractivity contribution in [3.05, 3.63) is 24.2 Å². The Hall–Kier alpha value is -0.0600. The van der Waals surface area contributed by atoms with Crippen LogP contribution in [-0.4, -0.2) is 28.6 Å². The van der Waals surface area contributed by atoms with Crippen molar-refractivity contribution in [1.29, 1.82) is 0 Å². The van der Waals surface area contributed by atoms with E-state index in [1.165, 1.54) is 22.8 Å². The molecule has 1 aromatic rings. The smallest absolute Gasteiger partial charge is 0.0935 e. The second-order valence-electron chi connectivity index (χ2n) is 3.48. The zero-order valence-corrected chi connectivity index (χ0v) is 9.65. The van der Waals surface area contributed by atoms with Gasteiger partial charge in [-0.25, -0.2) is 0 Å². The molecule has 0 amide bonds. The maximum absolute atomic E-state index is 6.16. The summed E-state index contributed by atoms with van der Waals surface area (Å²) in [5.41, 5.74) is 7.38. The largest absolute Gasteiger partial charge is 0.472 e. The van der Waals surface area contributed by atoms with Gasteiger partial charge in [0.1, 0.15) is 0 Å². The first-order chi connectivity index (χ1) is 6.86. The summed E-state index contributed by atoms with van der Waals surface area (Å²) < 4.78 is 5.04. The third kappa shape index (κ3) is 2.72. The van der Waals surface area contributed by atoms with E-state index in [-0.39, 0.29) is 6.04 Å². The molecule has 4 heteroatoms. The molecule has 2 heterocycles. The van der Waals surface area contributed by atoms with Gasteiger partial charge in [0.15, 0.2) is 0 Å². The van der Waals surface area contributed by atoms with Gasteiger partial charge in [0.05, 0.1) is 12.5 Å². The molecule has 0 bridgehead atoms. The lowest BCUT2D eigenvalue weighted by Crippen LogP contribution is -2.38. The van der Waals surface area contributed by atoms with Crippen LogP contribution in [-0.2, 0) is 6.42 Å². The highest BCUT2D eigenvalue weighted by molar-refractivity contribution is 8.06. The molecular weight excluding hydrogens is 214 g/mol. The highest BCUT2D eigenvalue weighted by Gasteiger charge is 2.21. The Bertz CT molecular complexity index is 257. The molecule has 0 radical (unpaired) electrons. The van der Waals surface area contributed by atoms with Gasteiger partial charge < -0.3 is 10.2 Å². The molecule has 0 saturated carbocycles. The molecule has 0 aromatic carbocycles. The minimum atomic E-state index is 0.269. The summed E-state index contributed by atoms with van der Waals surface area (Å²) in [6.07, 6.45) is 4.44. The lowest BCUT2D eigenvalue weighted by atomic mass is 10.1. The topological polar surface area (TPSA) is 39.2 Å². The average molecular weight is 229 g/mol. The maximum Gasteiger partial charge on any atom is 0.0935 e. The second-order valence-corrected chi connectivity index (χ2v) is 5.98. The van der Waals surface area contributed by atoms with E-state index in [0.717, 1.165) is 6.42 Å². The van der Waals surface area contributed by atoms with Crippen LogP contribution in [0, 0.1) is 0 Å². The van der Waals surface area contributed by atoms with Gasteiger partial charge in [-0.15, -0.1) is 0 Å². The zero-order valence-electron chi connectivity index (χ0n) is 8.02. The van der Waals surface area contributed by atoms with Crippen molar-refractivity contribution in [3.63, 3.8) is 0 Å². The number of hydrogen-bond donors (Lipinski definition) is 1. The van der Waals surface area contributed by atoms with E-state index in [1.807, 2.05) is 29.6 Å². The van der Waals surface area contributed by atoms with Gasteiger partial charge >= 0.3 is 0 Å². The zero-order chi connectivity index (χ0) is 9.80. The van der Waals surface area contributed by atoms with Crippen molar-refractivity contribution in [2.24, 2.45) is 5.73 Å². The van der Waals surface area contributed by atoms with Crippen LogP contribution >= 0.6 is 23.5 Å². The molecule has 1 aliphatic rings. The van der Waals surface area contributed by atoms with E-state index >= 15 is 0 Å². The number of rotatable bonds is 3. The van der Waals surface area contributed by atoms with Crippen molar-refractivity contribution < 1.29 is 4.42 Å². The first-order valence-corrected chi connectivity index (χ1v) is 7.02. The van der Waals surface area contributed by atoms with E-state index in [0.29, 0.717) is 5.25 Å². The highest BCUT2D eigenvalue weighted by atomic mass is 32.2.